The Morgan fingerprint density at radius 2 is 1.86 bits per heavy atom. The zero-order valence-electron chi connectivity index (χ0n) is 13.0. The van der Waals surface area contributed by atoms with Gasteiger partial charge in [-0.15, -0.1) is 0 Å². The third-order valence-electron chi connectivity index (χ3n) is 3.03. The zero-order chi connectivity index (χ0) is 16.4. The molecule has 0 bridgehead atoms. The highest BCUT2D eigenvalue weighted by Gasteiger charge is 2.07. The number of amides is 2. The minimum atomic E-state index is -0.350. The fourth-order valence-corrected chi connectivity index (χ4v) is 1.87. The molecule has 22 heavy (non-hydrogen) atoms. The smallest absolute Gasteiger partial charge is 0.259 e. The standard InChI is InChI=1S/C16H22ClN3O2/c1-3-4-5-6-12(2)19-20-15(21)11-18-16(22)13-7-9-14(17)10-8-13/h7-10H,3-6,11H2,1-2H3,(H,18,22)(H,20,21)/b19-12-. The van der Waals surface area contributed by atoms with Crippen molar-refractivity contribution in [2.24, 2.45) is 5.10 Å². The molecule has 0 aromatic heterocycles. The van der Waals surface area contributed by atoms with Gasteiger partial charge in [-0.05, 0) is 44.0 Å². The molecule has 0 aliphatic carbocycles. The van der Waals surface area contributed by atoms with Crippen molar-refractivity contribution in [3.8, 4) is 0 Å². The lowest BCUT2D eigenvalue weighted by Gasteiger charge is -2.05. The van der Waals surface area contributed by atoms with Gasteiger partial charge >= 0.3 is 0 Å². The van der Waals surface area contributed by atoms with Gasteiger partial charge in [-0.25, -0.2) is 5.43 Å². The lowest BCUT2D eigenvalue weighted by Crippen LogP contribution is -2.35. The summed E-state index contributed by atoms with van der Waals surface area (Å²) in [6.45, 7) is 3.90. The van der Waals surface area contributed by atoms with Gasteiger partial charge in [0.25, 0.3) is 11.8 Å². The van der Waals surface area contributed by atoms with Crippen molar-refractivity contribution in [2.75, 3.05) is 6.54 Å². The molecule has 120 valence electrons. The Morgan fingerprint density at radius 3 is 2.50 bits per heavy atom. The Labute approximate surface area is 136 Å². The van der Waals surface area contributed by atoms with Gasteiger partial charge in [-0.2, -0.15) is 5.10 Å². The van der Waals surface area contributed by atoms with Crippen LogP contribution in [0.2, 0.25) is 5.02 Å². The van der Waals surface area contributed by atoms with Crippen LogP contribution < -0.4 is 10.7 Å². The van der Waals surface area contributed by atoms with Crippen LogP contribution in [0.5, 0.6) is 0 Å². The zero-order valence-corrected chi connectivity index (χ0v) is 13.7. The van der Waals surface area contributed by atoms with Gasteiger partial charge in [0.05, 0.1) is 6.54 Å². The molecule has 6 heteroatoms. The van der Waals surface area contributed by atoms with E-state index in [0.29, 0.717) is 10.6 Å². The van der Waals surface area contributed by atoms with Crippen LogP contribution in [0.1, 0.15) is 49.9 Å². The van der Waals surface area contributed by atoms with E-state index in [1.165, 1.54) is 0 Å². The van der Waals surface area contributed by atoms with Crippen molar-refractivity contribution in [3.05, 3.63) is 34.9 Å². The van der Waals surface area contributed by atoms with Gasteiger partial charge in [0, 0.05) is 16.3 Å². The highest BCUT2D eigenvalue weighted by molar-refractivity contribution is 6.30. The molecule has 0 spiro atoms. The van der Waals surface area contributed by atoms with Crippen LogP contribution in [0, 0.1) is 0 Å². The van der Waals surface area contributed by atoms with Gasteiger partial charge in [0.1, 0.15) is 0 Å². The molecule has 1 rings (SSSR count). The maximum absolute atomic E-state index is 11.8. The van der Waals surface area contributed by atoms with Crippen molar-refractivity contribution in [1.29, 1.82) is 0 Å². The number of nitrogens with one attached hydrogen (secondary N) is 2. The minimum Gasteiger partial charge on any atom is -0.343 e. The van der Waals surface area contributed by atoms with Crippen LogP contribution in [0.25, 0.3) is 0 Å². The van der Waals surface area contributed by atoms with Crippen molar-refractivity contribution < 1.29 is 9.59 Å². The first kappa shape index (κ1) is 18.2. The summed E-state index contributed by atoms with van der Waals surface area (Å²) >= 11 is 5.75. The molecule has 0 saturated heterocycles. The summed E-state index contributed by atoms with van der Waals surface area (Å²) < 4.78 is 0. The lowest BCUT2D eigenvalue weighted by molar-refractivity contribution is -0.120. The van der Waals surface area contributed by atoms with Crippen LogP contribution in [-0.4, -0.2) is 24.1 Å². The summed E-state index contributed by atoms with van der Waals surface area (Å²) in [5, 5.41) is 7.10. The summed E-state index contributed by atoms with van der Waals surface area (Å²) in [5.41, 5.74) is 3.77. The third-order valence-corrected chi connectivity index (χ3v) is 3.28. The van der Waals surface area contributed by atoms with E-state index >= 15 is 0 Å². The van der Waals surface area contributed by atoms with Gasteiger partial charge in [-0.3, -0.25) is 9.59 Å². The first-order chi connectivity index (χ1) is 10.5. The Morgan fingerprint density at radius 1 is 1.18 bits per heavy atom. The number of halogens is 1. The largest absolute Gasteiger partial charge is 0.343 e. The van der Waals surface area contributed by atoms with E-state index in [1.54, 1.807) is 24.3 Å². The number of hydrazone groups is 1. The second-order valence-corrected chi connectivity index (χ2v) is 5.47. The average Bonchev–Trinajstić information content (AvgIpc) is 2.51. The fraction of sp³-hybridized carbons (Fsp3) is 0.438. The highest BCUT2D eigenvalue weighted by atomic mass is 35.5. The number of nitrogens with zero attached hydrogens (tertiary/aromatic N) is 1. The van der Waals surface area contributed by atoms with Gasteiger partial charge in [-0.1, -0.05) is 31.4 Å². The van der Waals surface area contributed by atoms with Crippen LogP contribution in [0.15, 0.2) is 29.4 Å². The molecule has 1 aromatic rings. The summed E-state index contributed by atoms with van der Waals surface area (Å²) in [6.07, 6.45) is 4.23. The predicted molar refractivity (Wildman–Crippen MR) is 89.2 cm³/mol. The SMILES string of the molecule is CCCCC/C(C)=N\NC(=O)CNC(=O)c1ccc(Cl)cc1. The van der Waals surface area contributed by atoms with E-state index in [0.717, 1.165) is 31.4 Å². The minimum absolute atomic E-state index is 0.118. The normalized spacial score (nSPS) is 11.1. The Balaban J connectivity index is 2.32. The third kappa shape index (κ3) is 7.22. The van der Waals surface area contributed by atoms with E-state index in [1.807, 2.05) is 6.92 Å². The van der Waals surface area contributed by atoms with Crippen molar-refractivity contribution in [2.45, 2.75) is 39.5 Å². The Hall–Kier alpha value is -1.88. The topological polar surface area (TPSA) is 70.6 Å². The molecule has 5 nitrogen and oxygen atoms in total. The van der Waals surface area contributed by atoms with Crippen molar-refractivity contribution in [1.82, 2.24) is 10.7 Å². The number of hydrogen-bond acceptors (Lipinski definition) is 3. The number of hydrogen-bond donors (Lipinski definition) is 2. The molecule has 2 N–H and O–H groups in total. The second-order valence-electron chi connectivity index (χ2n) is 5.03. The lowest BCUT2D eigenvalue weighted by atomic mass is 10.1. The predicted octanol–water partition coefficient (Wildman–Crippen LogP) is 3.14. The number of carbonyl (C=O) groups excluding carboxylic acids is 2. The highest BCUT2D eigenvalue weighted by Crippen LogP contribution is 2.09. The van der Waals surface area contributed by atoms with Crippen LogP contribution in [0.3, 0.4) is 0 Å². The number of benzene rings is 1. The van der Waals surface area contributed by atoms with E-state index in [-0.39, 0.29) is 18.4 Å². The molecule has 0 heterocycles. The van der Waals surface area contributed by atoms with Crippen molar-refractivity contribution >= 4 is 29.1 Å². The summed E-state index contributed by atoms with van der Waals surface area (Å²) in [7, 11) is 0. The van der Waals surface area contributed by atoms with Gasteiger partial charge < -0.3 is 5.32 Å². The molecular formula is C16H22ClN3O2. The van der Waals surface area contributed by atoms with Crippen LogP contribution in [-0.2, 0) is 4.79 Å². The number of rotatable bonds is 8. The summed E-state index contributed by atoms with van der Waals surface area (Å²) in [4.78, 5) is 23.4. The molecule has 0 aliphatic rings. The maximum atomic E-state index is 11.8. The van der Waals surface area contributed by atoms with E-state index in [4.69, 9.17) is 11.6 Å². The Bertz CT molecular complexity index is 527. The molecule has 0 saturated carbocycles. The molecular weight excluding hydrogens is 302 g/mol. The molecule has 0 unspecified atom stereocenters. The Kier molecular flexibility index (Phi) is 8.22. The summed E-state index contributed by atoms with van der Waals surface area (Å²) in [5.74, 6) is -0.674. The maximum Gasteiger partial charge on any atom is 0.259 e. The average molecular weight is 324 g/mol. The monoisotopic (exact) mass is 323 g/mol. The van der Waals surface area contributed by atoms with Crippen molar-refractivity contribution in [3.63, 3.8) is 0 Å². The summed E-state index contributed by atoms with van der Waals surface area (Å²) in [6, 6.07) is 6.46. The quantitative estimate of drug-likeness (QED) is 0.438. The van der Waals surface area contributed by atoms with E-state index in [2.05, 4.69) is 22.8 Å². The molecule has 2 amide bonds. The van der Waals surface area contributed by atoms with E-state index < -0.39 is 0 Å². The fourth-order valence-electron chi connectivity index (χ4n) is 1.75. The first-order valence-electron chi connectivity index (χ1n) is 7.38. The molecule has 0 radical (unpaired) electrons. The second kappa shape index (κ2) is 9.95. The molecule has 0 atom stereocenters. The van der Waals surface area contributed by atoms with E-state index in [9.17, 15) is 9.59 Å². The first-order valence-corrected chi connectivity index (χ1v) is 7.76. The molecule has 0 fully saturated rings. The van der Waals surface area contributed by atoms with Crippen LogP contribution in [0.4, 0.5) is 0 Å². The molecule has 0 aliphatic heterocycles. The van der Waals surface area contributed by atoms with Crippen LogP contribution >= 0.6 is 11.6 Å². The number of carbonyl (C=O) groups is 2. The molecule has 1 aromatic carbocycles. The van der Waals surface area contributed by atoms with Gasteiger partial charge in [0.15, 0.2) is 0 Å². The van der Waals surface area contributed by atoms with Gasteiger partial charge in [0.2, 0.25) is 0 Å². The number of unbranched alkanes of at least 4 members (excludes halogenated alkanes) is 2.